The van der Waals surface area contributed by atoms with E-state index in [1.54, 1.807) is 6.92 Å². The number of hydrogen-bond donors (Lipinski definition) is 0. The van der Waals surface area contributed by atoms with Crippen LogP contribution < -0.4 is 0 Å². The SMILES string of the molecule is C=C(C)C(=O)OC1(C)CC2CC1C1C3C=CC(C3)C21. The summed E-state index contributed by atoms with van der Waals surface area (Å²) >= 11 is 0. The quantitative estimate of drug-likeness (QED) is 0.329. The molecule has 2 heteroatoms. The van der Waals surface area contributed by atoms with Gasteiger partial charge in [0.2, 0.25) is 0 Å². The number of allylic oxidation sites excluding steroid dienone is 2. The first-order valence-electron chi connectivity index (χ1n) is 7.57. The van der Waals surface area contributed by atoms with Crippen LogP contribution in [0.2, 0.25) is 0 Å². The molecule has 0 aromatic rings. The first-order valence-corrected chi connectivity index (χ1v) is 7.57. The zero-order chi connectivity index (χ0) is 13.4. The van der Waals surface area contributed by atoms with E-state index in [1.165, 1.54) is 12.8 Å². The molecule has 0 aliphatic heterocycles. The second kappa shape index (κ2) is 3.53. The lowest BCUT2D eigenvalue weighted by Crippen LogP contribution is -2.45. The van der Waals surface area contributed by atoms with Gasteiger partial charge in [0.25, 0.3) is 0 Å². The Hall–Kier alpha value is -1.05. The van der Waals surface area contributed by atoms with E-state index in [2.05, 4.69) is 25.7 Å². The monoisotopic (exact) mass is 258 g/mol. The van der Waals surface area contributed by atoms with E-state index in [1.807, 2.05) is 0 Å². The number of fused-ring (bicyclic) bond motifs is 9. The van der Waals surface area contributed by atoms with Gasteiger partial charge in [-0.1, -0.05) is 18.7 Å². The molecule has 4 bridgehead atoms. The third kappa shape index (κ3) is 1.40. The zero-order valence-corrected chi connectivity index (χ0v) is 11.8. The summed E-state index contributed by atoms with van der Waals surface area (Å²) in [5.74, 6) is 4.39. The minimum Gasteiger partial charge on any atom is -0.456 e. The molecule has 0 aromatic carbocycles. The van der Waals surface area contributed by atoms with Crippen molar-refractivity contribution in [2.24, 2.45) is 35.5 Å². The van der Waals surface area contributed by atoms with Crippen LogP contribution in [0.4, 0.5) is 0 Å². The van der Waals surface area contributed by atoms with Crippen molar-refractivity contribution < 1.29 is 9.53 Å². The Bertz CT molecular complexity index is 491. The first-order chi connectivity index (χ1) is 8.99. The fourth-order valence-corrected chi connectivity index (χ4v) is 5.73. The predicted octanol–water partition coefficient (Wildman–Crippen LogP) is 3.34. The highest BCUT2D eigenvalue weighted by Crippen LogP contribution is 2.68. The molecule has 2 nitrogen and oxygen atoms in total. The molecule has 7 atom stereocenters. The van der Waals surface area contributed by atoms with Crippen molar-refractivity contribution in [2.45, 2.75) is 38.7 Å². The van der Waals surface area contributed by atoms with Crippen LogP contribution in [0.25, 0.3) is 0 Å². The van der Waals surface area contributed by atoms with Gasteiger partial charge in [0.15, 0.2) is 0 Å². The molecule has 3 fully saturated rings. The van der Waals surface area contributed by atoms with Crippen LogP contribution in [-0.4, -0.2) is 11.6 Å². The van der Waals surface area contributed by atoms with Crippen molar-refractivity contribution in [2.75, 3.05) is 0 Å². The summed E-state index contributed by atoms with van der Waals surface area (Å²) in [4.78, 5) is 11.9. The van der Waals surface area contributed by atoms with Crippen molar-refractivity contribution in [1.29, 1.82) is 0 Å². The molecule has 19 heavy (non-hydrogen) atoms. The lowest BCUT2D eigenvalue weighted by atomic mass is 9.68. The highest BCUT2D eigenvalue weighted by molar-refractivity contribution is 5.87. The van der Waals surface area contributed by atoms with E-state index in [-0.39, 0.29) is 11.6 Å². The third-order valence-corrected chi connectivity index (χ3v) is 6.27. The number of rotatable bonds is 2. The Morgan fingerprint density at radius 2 is 1.95 bits per heavy atom. The number of hydrogen-bond acceptors (Lipinski definition) is 2. The van der Waals surface area contributed by atoms with E-state index in [4.69, 9.17) is 4.74 Å². The van der Waals surface area contributed by atoms with Crippen LogP contribution in [-0.2, 0) is 9.53 Å². The topological polar surface area (TPSA) is 26.3 Å². The van der Waals surface area contributed by atoms with Gasteiger partial charge in [0.1, 0.15) is 5.60 Å². The van der Waals surface area contributed by atoms with Gasteiger partial charge < -0.3 is 4.74 Å². The molecule has 0 amide bonds. The van der Waals surface area contributed by atoms with Gasteiger partial charge in [-0.25, -0.2) is 4.79 Å². The number of ether oxygens (including phenoxy) is 1. The molecule has 0 saturated heterocycles. The summed E-state index contributed by atoms with van der Waals surface area (Å²) < 4.78 is 5.85. The summed E-state index contributed by atoms with van der Waals surface area (Å²) in [6.45, 7) is 7.60. The molecule has 4 rings (SSSR count). The molecule has 3 saturated carbocycles. The Balaban J connectivity index is 1.60. The van der Waals surface area contributed by atoms with Crippen molar-refractivity contribution in [3.63, 3.8) is 0 Å². The van der Waals surface area contributed by atoms with Gasteiger partial charge in [-0.15, -0.1) is 0 Å². The van der Waals surface area contributed by atoms with Crippen LogP contribution >= 0.6 is 0 Å². The number of carbonyl (C=O) groups excluding carboxylic acids is 1. The second-order valence-electron chi connectivity index (χ2n) is 7.39. The summed E-state index contributed by atoms with van der Waals surface area (Å²) in [5, 5.41) is 0. The molecule has 4 aliphatic carbocycles. The summed E-state index contributed by atoms with van der Waals surface area (Å²) in [5.41, 5.74) is 0.286. The van der Waals surface area contributed by atoms with Crippen molar-refractivity contribution in [1.82, 2.24) is 0 Å². The molecule has 0 N–H and O–H groups in total. The lowest BCUT2D eigenvalue weighted by Gasteiger charge is -2.42. The molecule has 0 spiro atoms. The predicted molar refractivity (Wildman–Crippen MR) is 73.2 cm³/mol. The Morgan fingerprint density at radius 1 is 1.26 bits per heavy atom. The maximum Gasteiger partial charge on any atom is 0.333 e. The fourth-order valence-electron chi connectivity index (χ4n) is 5.73. The molecule has 0 radical (unpaired) electrons. The van der Waals surface area contributed by atoms with E-state index < -0.39 is 0 Å². The Kier molecular flexibility index (Phi) is 2.18. The standard InChI is InChI=1S/C17H22O2/c1-9(2)16(18)19-17(3)8-12-7-13(17)15-11-5-4-10(6-11)14(12)15/h4-5,10-15H,1,6-8H2,2-3H3. The van der Waals surface area contributed by atoms with Gasteiger partial charge in [0, 0.05) is 11.5 Å². The van der Waals surface area contributed by atoms with Crippen molar-refractivity contribution in [3.05, 3.63) is 24.3 Å². The van der Waals surface area contributed by atoms with Crippen LogP contribution in [0.3, 0.4) is 0 Å². The average Bonchev–Trinajstić information content (AvgIpc) is 3.03. The average molecular weight is 258 g/mol. The van der Waals surface area contributed by atoms with Crippen molar-refractivity contribution >= 4 is 5.97 Å². The molecule has 7 unspecified atom stereocenters. The van der Waals surface area contributed by atoms with Gasteiger partial charge >= 0.3 is 5.97 Å². The van der Waals surface area contributed by atoms with Crippen molar-refractivity contribution in [3.8, 4) is 0 Å². The molecule has 102 valence electrons. The second-order valence-corrected chi connectivity index (χ2v) is 7.39. The third-order valence-electron chi connectivity index (χ3n) is 6.27. The van der Waals surface area contributed by atoms with Crippen LogP contribution in [0, 0.1) is 35.5 Å². The number of esters is 1. The highest BCUT2D eigenvalue weighted by atomic mass is 16.6. The normalized spacial score (nSPS) is 52.5. The maximum atomic E-state index is 11.9. The minimum atomic E-state index is -0.236. The van der Waals surface area contributed by atoms with E-state index in [9.17, 15) is 4.79 Å². The first kappa shape index (κ1) is 11.7. The highest BCUT2D eigenvalue weighted by Gasteiger charge is 2.65. The Morgan fingerprint density at radius 3 is 2.63 bits per heavy atom. The van der Waals surface area contributed by atoms with E-state index in [0.717, 1.165) is 36.0 Å². The van der Waals surface area contributed by atoms with Gasteiger partial charge in [0.05, 0.1) is 0 Å². The van der Waals surface area contributed by atoms with Gasteiger partial charge in [-0.3, -0.25) is 0 Å². The largest absolute Gasteiger partial charge is 0.456 e. The smallest absolute Gasteiger partial charge is 0.333 e. The van der Waals surface area contributed by atoms with Gasteiger partial charge in [-0.2, -0.15) is 0 Å². The van der Waals surface area contributed by atoms with E-state index in [0.29, 0.717) is 11.5 Å². The number of carbonyl (C=O) groups is 1. The van der Waals surface area contributed by atoms with Crippen LogP contribution in [0.5, 0.6) is 0 Å². The molecule has 4 aliphatic rings. The lowest BCUT2D eigenvalue weighted by molar-refractivity contribution is -0.162. The fraction of sp³-hybridized carbons (Fsp3) is 0.706. The summed E-state index contributed by atoms with van der Waals surface area (Å²) in [6, 6.07) is 0. The molecule has 0 heterocycles. The zero-order valence-electron chi connectivity index (χ0n) is 11.8. The molecular weight excluding hydrogens is 236 g/mol. The van der Waals surface area contributed by atoms with Crippen LogP contribution in [0.1, 0.15) is 33.1 Å². The van der Waals surface area contributed by atoms with Crippen LogP contribution in [0.15, 0.2) is 24.3 Å². The molecular formula is C17H22O2. The molecule has 0 aromatic heterocycles. The minimum absolute atomic E-state index is 0.203. The Labute approximate surface area is 114 Å². The summed E-state index contributed by atoms with van der Waals surface area (Å²) in [7, 11) is 0. The maximum absolute atomic E-state index is 11.9. The van der Waals surface area contributed by atoms with Gasteiger partial charge in [-0.05, 0) is 62.7 Å². The summed E-state index contributed by atoms with van der Waals surface area (Å²) in [6.07, 6.45) is 8.56. The van der Waals surface area contributed by atoms with E-state index >= 15 is 0 Å².